The second-order valence-corrected chi connectivity index (χ2v) is 5.49. The lowest BCUT2D eigenvalue weighted by molar-refractivity contribution is 0.0823. The van der Waals surface area contributed by atoms with Gasteiger partial charge in [0.15, 0.2) is 0 Å². The molecule has 1 aromatic heterocycles. The minimum Gasteiger partial charge on any atom is -0.385 e. The van der Waals surface area contributed by atoms with Gasteiger partial charge in [-0.25, -0.2) is 4.98 Å². The predicted molar refractivity (Wildman–Crippen MR) is 67.5 cm³/mol. The van der Waals surface area contributed by atoms with Gasteiger partial charge >= 0.3 is 0 Å². The van der Waals surface area contributed by atoms with Crippen LogP contribution < -0.4 is 0 Å². The molecule has 1 heterocycles. The third-order valence-corrected chi connectivity index (χ3v) is 3.77. The smallest absolute Gasteiger partial charge is 0.123 e. The van der Waals surface area contributed by atoms with Gasteiger partial charge in [0.05, 0.1) is 10.5 Å². The van der Waals surface area contributed by atoms with Crippen LogP contribution >= 0.6 is 11.3 Å². The lowest BCUT2D eigenvalue weighted by Crippen LogP contribution is -2.12. The third-order valence-electron chi connectivity index (χ3n) is 2.41. The Hall–Kier alpha value is -1.19. The van der Waals surface area contributed by atoms with E-state index >= 15 is 0 Å². The highest BCUT2D eigenvalue weighted by Crippen LogP contribution is 2.31. The van der Waals surface area contributed by atoms with Crippen LogP contribution in [0.25, 0.3) is 10.6 Å². The molecule has 1 aromatic carbocycles. The molecule has 0 spiro atoms. The van der Waals surface area contributed by atoms with Crippen molar-refractivity contribution in [3.05, 3.63) is 40.9 Å². The summed E-state index contributed by atoms with van der Waals surface area (Å²) in [5.74, 6) is 0. The van der Waals surface area contributed by atoms with Crippen molar-refractivity contribution in [2.45, 2.75) is 26.4 Å². The van der Waals surface area contributed by atoms with Gasteiger partial charge in [-0.05, 0) is 20.8 Å². The summed E-state index contributed by atoms with van der Waals surface area (Å²) in [6.45, 7) is 5.62. The van der Waals surface area contributed by atoms with Crippen molar-refractivity contribution in [1.29, 1.82) is 0 Å². The second kappa shape index (κ2) is 4.00. The number of aliphatic hydroxyl groups is 1. The van der Waals surface area contributed by atoms with Gasteiger partial charge in [-0.3, -0.25) is 0 Å². The van der Waals surface area contributed by atoms with Crippen molar-refractivity contribution < 1.29 is 5.11 Å². The van der Waals surface area contributed by atoms with E-state index in [1.807, 2.05) is 0 Å². The normalized spacial score (nSPS) is 11.8. The van der Waals surface area contributed by atoms with Crippen molar-refractivity contribution in [3.63, 3.8) is 0 Å². The lowest BCUT2D eigenvalue weighted by Gasteiger charge is -2.13. The average molecular weight is 233 g/mol. The number of benzene rings is 1. The number of aromatic nitrogens is 1. The number of hydrogen-bond acceptors (Lipinski definition) is 3. The fraction of sp³-hybridized carbons (Fsp3) is 0.308. The Kier molecular flexibility index (Phi) is 2.82. The van der Waals surface area contributed by atoms with Crippen LogP contribution in [0.4, 0.5) is 0 Å². The molecule has 2 nitrogen and oxygen atoms in total. The van der Waals surface area contributed by atoms with Crippen LogP contribution in [-0.2, 0) is 5.60 Å². The topological polar surface area (TPSA) is 33.1 Å². The molecule has 0 aliphatic heterocycles. The fourth-order valence-corrected chi connectivity index (χ4v) is 2.31. The molecule has 0 atom stereocenters. The molecule has 2 aromatic rings. The fourth-order valence-electron chi connectivity index (χ4n) is 1.39. The van der Waals surface area contributed by atoms with E-state index in [4.69, 9.17) is 0 Å². The van der Waals surface area contributed by atoms with E-state index in [0.717, 1.165) is 15.4 Å². The Balaban J connectivity index is 2.35. The number of hydrogen-bond donors (Lipinski definition) is 1. The second-order valence-electron chi connectivity index (χ2n) is 4.45. The molecule has 0 unspecified atom stereocenters. The van der Waals surface area contributed by atoms with Crippen molar-refractivity contribution in [3.8, 4) is 10.6 Å². The van der Waals surface area contributed by atoms with E-state index in [-0.39, 0.29) is 0 Å². The Morgan fingerprint density at radius 1 is 1.19 bits per heavy atom. The molecule has 0 bridgehead atoms. The average Bonchev–Trinajstić information content (AvgIpc) is 2.67. The van der Waals surface area contributed by atoms with Crippen LogP contribution in [0, 0.1) is 6.92 Å². The first-order valence-electron chi connectivity index (χ1n) is 5.22. The maximum atomic E-state index is 9.86. The standard InChI is InChI=1S/C13H15NOS/c1-9-4-6-10(7-5-9)12-14-8-11(16-12)13(2,3)15/h4-8,15H,1-3H3. The van der Waals surface area contributed by atoms with Crippen LogP contribution in [0.3, 0.4) is 0 Å². The minimum atomic E-state index is -0.805. The van der Waals surface area contributed by atoms with Crippen LogP contribution in [-0.4, -0.2) is 10.1 Å². The van der Waals surface area contributed by atoms with Crippen LogP contribution in [0.1, 0.15) is 24.3 Å². The van der Waals surface area contributed by atoms with E-state index in [1.165, 1.54) is 16.9 Å². The first-order chi connectivity index (χ1) is 7.47. The van der Waals surface area contributed by atoms with Crippen molar-refractivity contribution in [2.75, 3.05) is 0 Å². The summed E-state index contributed by atoms with van der Waals surface area (Å²) in [5.41, 5.74) is 1.54. The quantitative estimate of drug-likeness (QED) is 0.863. The van der Waals surface area contributed by atoms with Gasteiger partial charge in [0.2, 0.25) is 0 Å². The SMILES string of the molecule is Cc1ccc(-c2ncc(C(C)(C)O)s2)cc1. The van der Waals surface area contributed by atoms with Gasteiger partial charge in [-0.15, -0.1) is 11.3 Å². The molecule has 84 valence electrons. The molecular weight excluding hydrogens is 218 g/mol. The van der Waals surface area contributed by atoms with Gasteiger partial charge in [0, 0.05) is 11.8 Å². The van der Waals surface area contributed by atoms with E-state index in [9.17, 15) is 5.11 Å². The van der Waals surface area contributed by atoms with Gasteiger partial charge in [-0.1, -0.05) is 29.8 Å². The van der Waals surface area contributed by atoms with Gasteiger partial charge < -0.3 is 5.11 Å². The summed E-state index contributed by atoms with van der Waals surface area (Å²) in [6.07, 6.45) is 1.75. The molecule has 16 heavy (non-hydrogen) atoms. The number of rotatable bonds is 2. The summed E-state index contributed by atoms with van der Waals surface area (Å²) in [6, 6.07) is 8.26. The van der Waals surface area contributed by atoms with Gasteiger partial charge in [0.1, 0.15) is 5.01 Å². The van der Waals surface area contributed by atoms with Crippen molar-refractivity contribution in [2.24, 2.45) is 0 Å². The Labute approximate surface area is 99.6 Å². The zero-order valence-electron chi connectivity index (χ0n) is 9.69. The zero-order valence-corrected chi connectivity index (χ0v) is 10.5. The summed E-state index contributed by atoms with van der Waals surface area (Å²) in [7, 11) is 0. The molecular formula is C13H15NOS. The Morgan fingerprint density at radius 2 is 1.81 bits per heavy atom. The van der Waals surface area contributed by atoms with Crippen molar-refractivity contribution >= 4 is 11.3 Å². The largest absolute Gasteiger partial charge is 0.385 e. The maximum absolute atomic E-state index is 9.86. The summed E-state index contributed by atoms with van der Waals surface area (Å²) in [4.78, 5) is 5.23. The maximum Gasteiger partial charge on any atom is 0.123 e. The third kappa shape index (κ3) is 2.31. The van der Waals surface area contributed by atoms with E-state index in [1.54, 1.807) is 20.0 Å². The molecule has 0 saturated carbocycles. The highest BCUT2D eigenvalue weighted by molar-refractivity contribution is 7.15. The van der Waals surface area contributed by atoms with Crippen LogP contribution in [0.15, 0.2) is 30.5 Å². The Morgan fingerprint density at radius 3 is 2.31 bits per heavy atom. The first-order valence-corrected chi connectivity index (χ1v) is 6.04. The molecule has 0 saturated heterocycles. The molecule has 0 radical (unpaired) electrons. The predicted octanol–water partition coefficient (Wildman–Crippen LogP) is 3.35. The monoisotopic (exact) mass is 233 g/mol. The minimum absolute atomic E-state index is 0.805. The molecule has 0 aliphatic carbocycles. The van der Waals surface area contributed by atoms with Crippen molar-refractivity contribution in [1.82, 2.24) is 4.98 Å². The van der Waals surface area contributed by atoms with E-state index < -0.39 is 5.60 Å². The molecule has 3 heteroatoms. The van der Waals surface area contributed by atoms with Crippen LogP contribution in [0.5, 0.6) is 0 Å². The molecule has 0 amide bonds. The summed E-state index contributed by atoms with van der Waals surface area (Å²) < 4.78 is 0. The molecule has 0 fully saturated rings. The number of nitrogens with zero attached hydrogens (tertiary/aromatic N) is 1. The van der Waals surface area contributed by atoms with Gasteiger partial charge in [0.25, 0.3) is 0 Å². The number of aryl methyl sites for hydroxylation is 1. The zero-order chi connectivity index (χ0) is 11.8. The number of thiazole rings is 1. The lowest BCUT2D eigenvalue weighted by atomic mass is 10.1. The Bertz CT molecular complexity index is 479. The highest BCUT2D eigenvalue weighted by atomic mass is 32.1. The summed E-state index contributed by atoms with van der Waals surface area (Å²) >= 11 is 1.54. The van der Waals surface area contributed by atoms with Gasteiger partial charge in [-0.2, -0.15) is 0 Å². The molecule has 2 rings (SSSR count). The highest BCUT2D eigenvalue weighted by Gasteiger charge is 2.19. The van der Waals surface area contributed by atoms with E-state index in [2.05, 4.69) is 36.2 Å². The summed E-state index contributed by atoms with van der Waals surface area (Å²) in [5, 5.41) is 10.8. The van der Waals surface area contributed by atoms with E-state index in [0.29, 0.717) is 0 Å². The molecule has 0 aliphatic rings. The van der Waals surface area contributed by atoms with Crippen LogP contribution in [0.2, 0.25) is 0 Å². The first kappa shape index (κ1) is 11.3. The molecule has 1 N–H and O–H groups in total.